The molecule has 0 unspecified atom stereocenters. The second kappa shape index (κ2) is 7.47. The number of rotatable bonds is 4. The topological polar surface area (TPSA) is 36.4 Å². The molecule has 0 N–H and O–H groups in total. The summed E-state index contributed by atoms with van der Waals surface area (Å²) in [4.78, 5) is 20.8. The molecule has 0 spiro atoms. The van der Waals surface area contributed by atoms with Gasteiger partial charge in [0.05, 0.1) is 6.54 Å². The first-order valence-electron chi connectivity index (χ1n) is 7.73. The van der Waals surface area contributed by atoms with Gasteiger partial charge < -0.3 is 0 Å². The molecule has 2 atom stereocenters. The van der Waals surface area contributed by atoms with Gasteiger partial charge in [-0.1, -0.05) is 37.3 Å². The van der Waals surface area contributed by atoms with Crippen molar-refractivity contribution in [1.29, 1.82) is 0 Å². The highest BCUT2D eigenvalue weighted by molar-refractivity contribution is 8.00. The number of aromatic nitrogens is 1. The van der Waals surface area contributed by atoms with Crippen molar-refractivity contribution in [2.24, 2.45) is 0 Å². The second-order valence-corrected chi connectivity index (χ2v) is 8.03. The third kappa shape index (κ3) is 3.76. The zero-order chi connectivity index (χ0) is 16.2. The van der Waals surface area contributed by atoms with E-state index in [4.69, 9.17) is 0 Å². The minimum absolute atomic E-state index is 0.0972. The van der Waals surface area contributed by atoms with Crippen LogP contribution in [0.2, 0.25) is 0 Å². The molecule has 6 heteroatoms. The minimum Gasteiger partial charge on any atom is -0.290 e. The highest BCUT2D eigenvalue weighted by Crippen LogP contribution is 2.35. The number of likely N-dealkylation sites (N-methyl/N-ethyl adjacent to an activating group) is 1. The van der Waals surface area contributed by atoms with E-state index < -0.39 is 0 Å². The van der Waals surface area contributed by atoms with Crippen molar-refractivity contribution >= 4 is 34.1 Å². The first-order valence-corrected chi connectivity index (χ1v) is 9.66. The van der Waals surface area contributed by atoms with Crippen LogP contribution in [0.3, 0.4) is 0 Å². The average Bonchev–Trinajstić information content (AvgIpc) is 3.09. The summed E-state index contributed by atoms with van der Waals surface area (Å²) in [5.74, 6) is 1.17. The third-order valence-corrected chi connectivity index (χ3v) is 6.21. The van der Waals surface area contributed by atoms with Crippen LogP contribution in [0.1, 0.15) is 18.5 Å². The molecule has 2 heterocycles. The molecule has 1 aliphatic heterocycles. The van der Waals surface area contributed by atoms with Gasteiger partial charge in [0.15, 0.2) is 5.13 Å². The Labute approximate surface area is 145 Å². The van der Waals surface area contributed by atoms with E-state index in [1.807, 2.05) is 23.2 Å². The maximum atomic E-state index is 12.6. The third-order valence-electron chi connectivity index (χ3n) is 4.16. The van der Waals surface area contributed by atoms with Crippen molar-refractivity contribution in [1.82, 2.24) is 9.88 Å². The van der Waals surface area contributed by atoms with E-state index in [1.54, 1.807) is 18.1 Å². The van der Waals surface area contributed by atoms with Gasteiger partial charge in [0, 0.05) is 42.2 Å². The fraction of sp³-hybridized carbons (Fsp3) is 0.412. The number of benzene rings is 1. The van der Waals surface area contributed by atoms with Crippen LogP contribution in [-0.4, -0.2) is 46.9 Å². The Hall–Kier alpha value is -1.37. The fourth-order valence-electron chi connectivity index (χ4n) is 2.96. The first-order chi connectivity index (χ1) is 11.2. The number of anilines is 1. The lowest BCUT2D eigenvalue weighted by atomic mass is 10.0. The molecule has 1 aromatic heterocycles. The van der Waals surface area contributed by atoms with Gasteiger partial charge in [0.2, 0.25) is 5.91 Å². The Balaban J connectivity index is 1.75. The molecule has 1 aromatic carbocycles. The van der Waals surface area contributed by atoms with Crippen LogP contribution in [0.4, 0.5) is 5.13 Å². The summed E-state index contributed by atoms with van der Waals surface area (Å²) in [5, 5.41) is 3.13. The smallest absolute Gasteiger partial charge is 0.242 e. The molecule has 2 aromatic rings. The fourth-order valence-corrected chi connectivity index (χ4v) is 4.81. The molecule has 0 radical (unpaired) electrons. The Kier molecular flexibility index (Phi) is 5.35. The summed E-state index contributed by atoms with van der Waals surface area (Å²) in [6.07, 6.45) is 1.73. The number of hydrogen-bond acceptors (Lipinski definition) is 5. The Bertz CT molecular complexity index is 633. The lowest BCUT2D eigenvalue weighted by Gasteiger charge is -2.40. The van der Waals surface area contributed by atoms with Gasteiger partial charge in [-0.15, -0.1) is 11.3 Å². The summed E-state index contributed by atoms with van der Waals surface area (Å²) < 4.78 is 0. The number of nitrogens with zero attached hydrogens (tertiary/aromatic N) is 3. The van der Waals surface area contributed by atoms with Crippen molar-refractivity contribution in [3.63, 3.8) is 0 Å². The molecule has 4 nitrogen and oxygen atoms in total. The monoisotopic (exact) mass is 347 g/mol. The summed E-state index contributed by atoms with van der Waals surface area (Å²) >= 11 is 3.47. The minimum atomic E-state index is 0.0972. The van der Waals surface area contributed by atoms with Crippen LogP contribution in [0, 0.1) is 0 Å². The SMILES string of the molecule is C[C@@H]1SCCN(CC(=O)N(C)c2nccs2)[C@@H]1c1ccccc1. The van der Waals surface area contributed by atoms with E-state index in [0.29, 0.717) is 11.8 Å². The summed E-state index contributed by atoms with van der Waals surface area (Å²) in [6.45, 7) is 3.62. The lowest BCUT2D eigenvalue weighted by Crippen LogP contribution is -2.46. The Morgan fingerprint density at radius 2 is 2.17 bits per heavy atom. The number of amides is 1. The number of carbonyl (C=O) groups is 1. The normalized spacial score (nSPS) is 22.0. The van der Waals surface area contributed by atoms with Crippen LogP contribution in [0.25, 0.3) is 0 Å². The van der Waals surface area contributed by atoms with E-state index in [-0.39, 0.29) is 11.9 Å². The van der Waals surface area contributed by atoms with E-state index in [0.717, 1.165) is 17.4 Å². The molecule has 1 fully saturated rings. The van der Waals surface area contributed by atoms with Gasteiger partial charge in [-0.05, 0) is 5.56 Å². The number of hydrogen-bond donors (Lipinski definition) is 0. The summed E-state index contributed by atoms with van der Waals surface area (Å²) in [5.41, 5.74) is 1.29. The molecule has 1 saturated heterocycles. The Morgan fingerprint density at radius 3 is 2.87 bits per heavy atom. The van der Waals surface area contributed by atoms with Gasteiger partial charge in [-0.25, -0.2) is 4.98 Å². The number of thioether (sulfide) groups is 1. The van der Waals surface area contributed by atoms with Gasteiger partial charge in [-0.3, -0.25) is 14.6 Å². The molecule has 23 heavy (non-hydrogen) atoms. The average molecular weight is 348 g/mol. The van der Waals surface area contributed by atoms with Gasteiger partial charge in [0.1, 0.15) is 0 Å². The van der Waals surface area contributed by atoms with Crippen molar-refractivity contribution in [2.75, 3.05) is 30.8 Å². The predicted molar refractivity (Wildman–Crippen MR) is 98.2 cm³/mol. The van der Waals surface area contributed by atoms with Crippen molar-refractivity contribution in [2.45, 2.75) is 18.2 Å². The van der Waals surface area contributed by atoms with Gasteiger partial charge in [0.25, 0.3) is 0 Å². The molecule has 0 aliphatic carbocycles. The number of thiazole rings is 1. The van der Waals surface area contributed by atoms with Crippen LogP contribution in [0.15, 0.2) is 41.9 Å². The lowest BCUT2D eigenvalue weighted by molar-refractivity contribution is -0.120. The highest BCUT2D eigenvalue weighted by Gasteiger charge is 2.32. The molecular formula is C17H21N3OS2. The molecule has 0 saturated carbocycles. The summed E-state index contributed by atoms with van der Waals surface area (Å²) in [7, 11) is 1.81. The zero-order valence-electron chi connectivity index (χ0n) is 13.4. The maximum absolute atomic E-state index is 12.6. The van der Waals surface area contributed by atoms with Crippen molar-refractivity contribution in [3.05, 3.63) is 47.5 Å². The van der Waals surface area contributed by atoms with E-state index >= 15 is 0 Å². The highest BCUT2D eigenvalue weighted by atomic mass is 32.2. The largest absolute Gasteiger partial charge is 0.290 e. The van der Waals surface area contributed by atoms with E-state index in [9.17, 15) is 4.79 Å². The standard InChI is InChI=1S/C17H21N3OS2/c1-13-16(14-6-4-3-5-7-14)20(9-11-22-13)12-15(21)19(2)17-18-8-10-23-17/h3-8,10,13,16H,9,11-12H2,1-2H3/t13-,16-/m0/s1. The first kappa shape index (κ1) is 16.5. The Morgan fingerprint density at radius 1 is 1.39 bits per heavy atom. The number of carbonyl (C=O) groups excluding carboxylic acids is 1. The van der Waals surface area contributed by atoms with Gasteiger partial charge in [-0.2, -0.15) is 11.8 Å². The van der Waals surface area contributed by atoms with Crippen LogP contribution < -0.4 is 4.90 Å². The predicted octanol–water partition coefficient (Wildman–Crippen LogP) is 3.28. The molecule has 0 bridgehead atoms. The molecule has 122 valence electrons. The van der Waals surface area contributed by atoms with Crippen LogP contribution in [-0.2, 0) is 4.79 Å². The molecule has 3 rings (SSSR count). The van der Waals surface area contributed by atoms with Gasteiger partial charge >= 0.3 is 0 Å². The van der Waals surface area contributed by atoms with Crippen molar-refractivity contribution < 1.29 is 4.79 Å². The second-order valence-electron chi connectivity index (χ2n) is 5.67. The quantitative estimate of drug-likeness (QED) is 0.850. The van der Waals surface area contributed by atoms with Crippen molar-refractivity contribution in [3.8, 4) is 0 Å². The van der Waals surface area contributed by atoms with E-state index in [2.05, 4.69) is 41.1 Å². The van der Waals surface area contributed by atoms with E-state index in [1.165, 1.54) is 16.9 Å². The van der Waals surface area contributed by atoms with Crippen LogP contribution >= 0.6 is 23.1 Å². The zero-order valence-corrected chi connectivity index (χ0v) is 15.0. The molecule has 1 aliphatic rings. The molecular weight excluding hydrogens is 326 g/mol. The maximum Gasteiger partial charge on any atom is 0.242 e. The van der Waals surface area contributed by atoms with Crippen LogP contribution in [0.5, 0.6) is 0 Å². The molecule has 1 amide bonds. The summed E-state index contributed by atoms with van der Waals surface area (Å²) in [6, 6.07) is 10.8.